The van der Waals surface area contributed by atoms with Crippen LogP contribution in [0.15, 0.2) is 34.8 Å². The van der Waals surface area contributed by atoms with Gasteiger partial charge in [-0.2, -0.15) is 0 Å². The van der Waals surface area contributed by atoms with Crippen LogP contribution in [0.2, 0.25) is 0 Å². The molecule has 1 rings (SSSR count). The van der Waals surface area contributed by atoms with Gasteiger partial charge in [-0.05, 0) is 18.2 Å². The summed E-state index contributed by atoms with van der Waals surface area (Å²) in [5, 5.41) is 10.8. The van der Waals surface area contributed by atoms with Crippen molar-refractivity contribution in [3.8, 4) is 0 Å². The Labute approximate surface area is 127 Å². The van der Waals surface area contributed by atoms with Gasteiger partial charge in [-0.1, -0.05) is 15.9 Å². The van der Waals surface area contributed by atoms with Gasteiger partial charge in [0, 0.05) is 23.5 Å². The predicted octanol–water partition coefficient (Wildman–Crippen LogP) is 1.73. The maximum absolute atomic E-state index is 11.9. The number of rotatable bonds is 4. The van der Waals surface area contributed by atoms with E-state index < -0.39 is 23.8 Å². The molecule has 0 heterocycles. The molecule has 7 nitrogen and oxygen atoms in total. The third kappa shape index (κ3) is 5.57. The van der Waals surface area contributed by atoms with Crippen molar-refractivity contribution < 1.29 is 29.0 Å². The zero-order chi connectivity index (χ0) is 16.0. The maximum atomic E-state index is 11.9. The van der Waals surface area contributed by atoms with Crippen LogP contribution < -0.4 is 5.32 Å². The second-order valence-electron chi connectivity index (χ2n) is 3.75. The molecule has 0 aliphatic carbocycles. The van der Waals surface area contributed by atoms with Gasteiger partial charge in [0.25, 0.3) is 0 Å². The SMILES string of the molecule is CC(=O)Nc1ccc(Br)cc1C(=O)OC(=O)/C=C\C(=O)O. The molecule has 110 valence electrons. The fourth-order valence-corrected chi connectivity index (χ4v) is 1.66. The van der Waals surface area contributed by atoms with E-state index in [0.717, 1.165) is 0 Å². The van der Waals surface area contributed by atoms with Crippen molar-refractivity contribution in [2.45, 2.75) is 6.92 Å². The molecule has 0 unspecified atom stereocenters. The first kappa shape index (κ1) is 16.6. The molecule has 0 radical (unpaired) electrons. The number of esters is 2. The summed E-state index contributed by atoms with van der Waals surface area (Å²) in [7, 11) is 0. The number of amides is 1. The van der Waals surface area contributed by atoms with Crippen LogP contribution in [0.25, 0.3) is 0 Å². The number of ether oxygens (including phenoxy) is 1. The minimum absolute atomic E-state index is 0.0448. The van der Waals surface area contributed by atoms with Crippen molar-refractivity contribution in [3.05, 3.63) is 40.4 Å². The van der Waals surface area contributed by atoms with Gasteiger partial charge in [-0.15, -0.1) is 0 Å². The van der Waals surface area contributed by atoms with Crippen molar-refractivity contribution in [1.29, 1.82) is 0 Å². The summed E-state index contributed by atoms with van der Waals surface area (Å²) in [5.74, 6) is -3.89. The summed E-state index contributed by atoms with van der Waals surface area (Å²) in [6.45, 7) is 1.26. The minimum Gasteiger partial charge on any atom is -0.478 e. The molecule has 0 spiro atoms. The number of carbonyl (C=O) groups excluding carboxylic acids is 3. The van der Waals surface area contributed by atoms with Crippen LogP contribution in [-0.2, 0) is 19.1 Å². The van der Waals surface area contributed by atoms with E-state index in [1.165, 1.54) is 19.1 Å². The molecule has 0 aliphatic heterocycles. The van der Waals surface area contributed by atoms with Gasteiger partial charge < -0.3 is 15.2 Å². The van der Waals surface area contributed by atoms with Crippen molar-refractivity contribution >= 4 is 45.4 Å². The Balaban J connectivity index is 2.95. The zero-order valence-corrected chi connectivity index (χ0v) is 12.3. The lowest BCUT2D eigenvalue weighted by atomic mass is 10.2. The number of hydrogen-bond acceptors (Lipinski definition) is 5. The second kappa shape index (κ2) is 7.34. The summed E-state index contributed by atoms with van der Waals surface area (Å²) >= 11 is 3.15. The monoisotopic (exact) mass is 355 g/mol. The number of anilines is 1. The molecule has 0 fully saturated rings. The van der Waals surface area contributed by atoms with Crippen LogP contribution in [0.3, 0.4) is 0 Å². The lowest BCUT2D eigenvalue weighted by Crippen LogP contribution is -2.15. The number of carboxylic acid groups (broad SMARTS) is 1. The Morgan fingerprint density at radius 1 is 1.24 bits per heavy atom. The van der Waals surface area contributed by atoms with Crippen LogP contribution in [0.5, 0.6) is 0 Å². The van der Waals surface area contributed by atoms with Gasteiger partial charge in [-0.25, -0.2) is 14.4 Å². The predicted molar refractivity (Wildman–Crippen MR) is 75.6 cm³/mol. The smallest absolute Gasteiger partial charge is 0.348 e. The molecule has 1 aromatic carbocycles. The van der Waals surface area contributed by atoms with Gasteiger partial charge in [0.15, 0.2) is 0 Å². The standard InChI is InChI=1S/C13H10BrNO6/c1-7(16)15-10-3-2-8(14)6-9(10)13(20)21-12(19)5-4-11(17)18/h2-6H,1H3,(H,15,16)(H,17,18)/b5-4-. The normalized spacial score (nSPS) is 10.2. The van der Waals surface area contributed by atoms with E-state index in [2.05, 4.69) is 26.0 Å². The number of carbonyl (C=O) groups is 4. The zero-order valence-electron chi connectivity index (χ0n) is 10.8. The number of nitrogens with one attached hydrogen (secondary N) is 1. The highest BCUT2D eigenvalue weighted by Gasteiger charge is 2.17. The Bertz CT molecular complexity index is 638. The van der Waals surface area contributed by atoms with Crippen LogP contribution in [0, 0.1) is 0 Å². The molecule has 21 heavy (non-hydrogen) atoms. The number of benzene rings is 1. The number of hydrogen-bond donors (Lipinski definition) is 2. The van der Waals surface area contributed by atoms with Crippen LogP contribution >= 0.6 is 15.9 Å². The Hall–Kier alpha value is -2.48. The highest BCUT2D eigenvalue weighted by molar-refractivity contribution is 9.10. The highest BCUT2D eigenvalue weighted by atomic mass is 79.9. The summed E-state index contributed by atoms with van der Waals surface area (Å²) in [6, 6.07) is 4.41. The fourth-order valence-electron chi connectivity index (χ4n) is 1.30. The Morgan fingerprint density at radius 2 is 1.90 bits per heavy atom. The summed E-state index contributed by atoms with van der Waals surface area (Å²) < 4.78 is 5.00. The quantitative estimate of drug-likeness (QED) is 0.483. The van der Waals surface area contributed by atoms with E-state index in [0.29, 0.717) is 16.6 Å². The van der Waals surface area contributed by atoms with Crippen LogP contribution in [0.4, 0.5) is 5.69 Å². The third-order valence-corrected chi connectivity index (χ3v) is 2.56. The van der Waals surface area contributed by atoms with Crippen LogP contribution in [-0.4, -0.2) is 28.9 Å². The van der Waals surface area contributed by atoms with E-state index in [4.69, 9.17) is 5.11 Å². The Morgan fingerprint density at radius 3 is 2.48 bits per heavy atom. The molecule has 0 saturated heterocycles. The molecule has 0 aliphatic rings. The molecular weight excluding hydrogens is 346 g/mol. The average Bonchev–Trinajstić information content (AvgIpc) is 2.37. The van der Waals surface area contributed by atoms with E-state index >= 15 is 0 Å². The number of halogens is 1. The number of carboxylic acids is 1. The van der Waals surface area contributed by atoms with Crippen molar-refractivity contribution in [2.24, 2.45) is 0 Å². The molecule has 0 aromatic heterocycles. The molecule has 0 atom stereocenters. The average molecular weight is 356 g/mol. The lowest BCUT2D eigenvalue weighted by Gasteiger charge is -2.08. The molecule has 1 aromatic rings. The first-order valence-corrected chi connectivity index (χ1v) is 6.33. The van der Waals surface area contributed by atoms with E-state index in [1.807, 2.05) is 0 Å². The highest BCUT2D eigenvalue weighted by Crippen LogP contribution is 2.22. The summed E-state index contributed by atoms with van der Waals surface area (Å²) in [6.07, 6.45) is 1.15. The topological polar surface area (TPSA) is 110 Å². The third-order valence-electron chi connectivity index (χ3n) is 2.07. The van der Waals surface area contributed by atoms with Gasteiger partial charge in [-0.3, -0.25) is 4.79 Å². The van der Waals surface area contributed by atoms with E-state index in [9.17, 15) is 19.2 Å². The minimum atomic E-state index is -1.35. The van der Waals surface area contributed by atoms with Crippen molar-refractivity contribution in [1.82, 2.24) is 0 Å². The molecule has 0 saturated carbocycles. The number of aliphatic carboxylic acids is 1. The lowest BCUT2D eigenvalue weighted by molar-refractivity contribution is -0.134. The fraction of sp³-hybridized carbons (Fsp3) is 0.0769. The summed E-state index contributed by atoms with van der Waals surface area (Å²) in [4.78, 5) is 44.4. The van der Waals surface area contributed by atoms with E-state index in [-0.39, 0.29) is 11.3 Å². The van der Waals surface area contributed by atoms with Gasteiger partial charge >= 0.3 is 17.9 Å². The molecule has 2 N–H and O–H groups in total. The van der Waals surface area contributed by atoms with Gasteiger partial charge in [0.2, 0.25) is 5.91 Å². The van der Waals surface area contributed by atoms with Crippen LogP contribution in [0.1, 0.15) is 17.3 Å². The molecule has 8 heteroatoms. The first-order chi connectivity index (χ1) is 9.79. The second-order valence-corrected chi connectivity index (χ2v) is 4.67. The van der Waals surface area contributed by atoms with E-state index in [1.54, 1.807) is 6.07 Å². The Kier molecular flexibility index (Phi) is 5.79. The summed E-state index contributed by atoms with van der Waals surface area (Å²) in [5.41, 5.74) is 0.127. The van der Waals surface area contributed by atoms with Crippen molar-refractivity contribution in [2.75, 3.05) is 5.32 Å². The molecule has 0 bridgehead atoms. The van der Waals surface area contributed by atoms with Crippen molar-refractivity contribution in [3.63, 3.8) is 0 Å². The molecule has 1 amide bonds. The molecular formula is C13H10BrNO6. The maximum Gasteiger partial charge on any atom is 0.348 e. The van der Waals surface area contributed by atoms with Gasteiger partial charge in [0.05, 0.1) is 11.3 Å². The largest absolute Gasteiger partial charge is 0.478 e. The van der Waals surface area contributed by atoms with Gasteiger partial charge in [0.1, 0.15) is 0 Å². The first-order valence-electron chi connectivity index (χ1n) is 5.54.